The Kier molecular flexibility index (Phi) is 2.46. The van der Waals surface area contributed by atoms with Gasteiger partial charge in [-0.2, -0.15) is 0 Å². The highest BCUT2D eigenvalue weighted by Gasteiger charge is 2.02. The molecule has 0 atom stereocenters. The van der Waals surface area contributed by atoms with Crippen molar-refractivity contribution in [3.8, 4) is 0 Å². The third kappa shape index (κ3) is 2.10. The van der Waals surface area contributed by atoms with Crippen molar-refractivity contribution < 1.29 is 4.42 Å². The predicted molar refractivity (Wildman–Crippen MR) is 65.6 cm³/mol. The monoisotopic (exact) mass is 225 g/mol. The minimum Gasteiger partial charge on any atom is -0.459 e. The van der Waals surface area contributed by atoms with E-state index < -0.39 is 0 Å². The van der Waals surface area contributed by atoms with Crippen LogP contribution in [-0.4, -0.2) is 9.97 Å². The molecule has 3 aromatic rings. The number of anilines is 1. The molecule has 0 saturated carbocycles. The van der Waals surface area contributed by atoms with Crippen LogP contribution in [0.15, 0.2) is 53.5 Å². The normalized spacial score (nSPS) is 10.6. The summed E-state index contributed by atoms with van der Waals surface area (Å²) in [7, 11) is 0. The minimum atomic E-state index is 0.627. The van der Waals surface area contributed by atoms with Crippen molar-refractivity contribution in [2.24, 2.45) is 0 Å². The summed E-state index contributed by atoms with van der Waals surface area (Å²) < 4.78 is 5.69. The van der Waals surface area contributed by atoms with E-state index >= 15 is 0 Å². The van der Waals surface area contributed by atoms with E-state index in [0.29, 0.717) is 6.54 Å². The van der Waals surface area contributed by atoms with Crippen molar-refractivity contribution in [2.45, 2.75) is 6.54 Å². The van der Waals surface area contributed by atoms with E-state index in [1.807, 2.05) is 30.3 Å². The fraction of sp³-hybridized carbons (Fsp3) is 0.0769. The molecule has 0 fully saturated rings. The predicted octanol–water partition coefficient (Wildman–Crippen LogP) is 2.83. The van der Waals surface area contributed by atoms with Gasteiger partial charge in [-0.25, -0.2) is 9.97 Å². The second kappa shape index (κ2) is 4.25. The first kappa shape index (κ1) is 9.84. The van der Waals surface area contributed by atoms with Crippen LogP contribution in [0.5, 0.6) is 0 Å². The fourth-order valence-electron chi connectivity index (χ4n) is 1.70. The van der Waals surface area contributed by atoms with Crippen LogP contribution in [0.3, 0.4) is 0 Å². The maximum absolute atomic E-state index is 5.69. The van der Waals surface area contributed by atoms with E-state index in [4.69, 9.17) is 4.42 Å². The number of furan rings is 1. The summed E-state index contributed by atoms with van der Waals surface area (Å²) in [4.78, 5) is 7.87. The number of aromatic nitrogens is 2. The quantitative estimate of drug-likeness (QED) is 0.744. The average molecular weight is 225 g/mol. The summed E-state index contributed by atoms with van der Waals surface area (Å²) in [6, 6.07) is 10.00. The highest BCUT2D eigenvalue weighted by atomic mass is 16.3. The average Bonchev–Trinajstić information content (AvgIpc) is 2.80. The van der Waals surface area contributed by atoms with Gasteiger partial charge in [0.2, 0.25) is 0 Å². The van der Waals surface area contributed by atoms with Crippen LogP contribution in [0, 0.1) is 0 Å². The summed E-state index contributed by atoms with van der Waals surface area (Å²) in [5.74, 6) is 0.898. The van der Waals surface area contributed by atoms with Gasteiger partial charge in [0.15, 0.2) is 0 Å². The molecule has 4 heteroatoms. The Hall–Kier alpha value is -2.36. The van der Waals surface area contributed by atoms with E-state index in [2.05, 4.69) is 15.3 Å². The Labute approximate surface area is 98.3 Å². The van der Waals surface area contributed by atoms with Crippen LogP contribution >= 0.6 is 0 Å². The van der Waals surface area contributed by atoms with Crippen LogP contribution < -0.4 is 5.32 Å². The second-order valence-corrected chi connectivity index (χ2v) is 3.73. The minimum absolute atomic E-state index is 0.627. The van der Waals surface area contributed by atoms with Crippen molar-refractivity contribution in [3.63, 3.8) is 0 Å². The molecular formula is C13H11N3O. The molecule has 0 aliphatic carbocycles. The molecule has 0 aliphatic heterocycles. The number of benzene rings is 1. The maximum Gasteiger partial charge on any atom is 0.134 e. The van der Waals surface area contributed by atoms with Gasteiger partial charge in [0.1, 0.15) is 17.7 Å². The zero-order chi connectivity index (χ0) is 11.5. The molecule has 1 N–H and O–H groups in total. The lowest BCUT2D eigenvalue weighted by Crippen LogP contribution is -1.98. The van der Waals surface area contributed by atoms with Gasteiger partial charge in [-0.3, -0.25) is 0 Å². The Morgan fingerprint density at radius 2 is 1.94 bits per heavy atom. The van der Waals surface area contributed by atoms with Crippen LogP contribution in [0.1, 0.15) is 5.76 Å². The van der Waals surface area contributed by atoms with Crippen molar-refractivity contribution in [3.05, 3.63) is 54.8 Å². The molecule has 2 aromatic heterocycles. The van der Waals surface area contributed by atoms with Gasteiger partial charge in [0, 0.05) is 5.39 Å². The van der Waals surface area contributed by atoms with E-state index in [0.717, 1.165) is 22.4 Å². The van der Waals surface area contributed by atoms with Crippen molar-refractivity contribution >= 4 is 16.7 Å². The SMILES string of the molecule is c1ccc2oc(CNc3cncnc3)cc2c1. The maximum atomic E-state index is 5.69. The first-order valence-corrected chi connectivity index (χ1v) is 5.38. The van der Waals surface area contributed by atoms with Gasteiger partial charge < -0.3 is 9.73 Å². The summed E-state index contributed by atoms with van der Waals surface area (Å²) in [5, 5.41) is 4.32. The topological polar surface area (TPSA) is 51.0 Å². The summed E-state index contributed by atoms with van der Waals surface area (Å²) in [6.07, 6.45) is 4.97. The largest absolute Gasteiger partial charge is 0.459 e. The van der Waals surface area contributed by atoms with Gasteiger partial charge in [0.25, 0.3) is 0 Å². The van der Waals surface area contributed by atoms with Gasteiger partial charge in [-0.05, 0) is 12.1 Å². The van der Waals surface area contributed by atoms with Gasteiger partial charge in [-0.1, -0.05) is 18.2 Å². The lowest BCUT2D eigenvalue weighted by atomic mass is 10.2. The lowest BCUT2D eigenvalue weighted by Gasteiger charge is -2.01. The Morgan fingerprint density at radius 1 is 1.12 bits per heavy atom. The molecule has 17 heavy (non-hydrogen) atoms. The molecule has 0 saturated heterocycles. The molecule has 84 valence electrons. The third-order valence-electron chi connectivity index (χ3n) is 2.50. The molecule has 3 rings (SSSR count). The lowest BCUT2D eigenvalue weighted by molar-refractivity contribution is 0.559. The van der Waals surface area contributed by atoms with Crippen molar-refractivity contribution in [2.75, 3.05) is 5.32 Å². The van der Waals surface area contributed by atoms with Crippen molar-refractivity contribution in [1.29, 1.82) is 0 Å². The molecule has 4 nitrogen and oxygen atoms in total. The van der Waals surface area contributed by atoms with Crippen molar-refractivity contribution in [1.82, 2.24) is 9.97 Å². The smallest absolute Gasteiger partial charge is 0.134 e. The second-order valence-electron chi connectivity index (χ2n) is 3.73. The summed E-state index contributed by atoms with van der Waals surface area (Å²) in [6.45, 7) is 0.627. The van der Waals surface area contributed by atoms with E-state index in [1.54, 1.807) is 12.4 Å². The number of nitrogens with one attached hydrogen (secondary N) is 1. The Bertz CT molecular complexity index is 586. The van der Waals surface area contributed by atoms with E-state index in [9.17, 15) is 0 Å². The number of nitrogens with zero attached hydrogens (tertiary/aromatic N) is 2. The van der Waals surface area contributed by atoms with Gasteiger partial charge in [-0.15, -0.1) is 0 Å². The zero-order valence-corrected chi connectivity index (χ0v) is 9.13. The highest BCUT2D eigenvalue weighted by molar-refractivity contribution is 5.77. The number of fused-ring (bicyclic) bond motifs is 1. The molecule has 0 radical (unpaired) electrons. The Morgan fingerprint density at radius 3 is 2.76 bits per heavy atom. The molecular weight excluding hydrogens is 214 g/mol. The molecule has 1 aromatic carbocycles. The van der Waals surface area contributed by atoms with Crippen LogP contribution in [0.4, 0.5) is 5.69 Å². The standard InChI is InChI=1S/C13H11N3O/c1-2-4-13-10(3-1)5-12(17-13)8-16-11-6-14-9-15-7-11/h1-7,9,16H,8H2. The highest BCUT2D eigenvalue weighted by Crippen LogP contribution is 2.19. The number of hydrogen-bond donors (Lipinski definition) is 1. The van der Waals surface area contributed by atoms with Crippen LogP contribution in [-0.2, 0) is 6.54 Å². The van der Waals surface area contributed by atoms with Gasteiger partial charge >= 0.3 is 0 Å². The molecule has 0 unspecified atom stereocenters. The number of rotatable bonds is 3. The zero-order valence-electron chi connectivity index (χ0n) is 9.13. The molecule has 0 spiro atoms. The molecule has 0 amide bonds. The van der Waals surface area contributed by atoms with E-state index in [1.165, 1.54) is 6.33 Å². The summed E-state index contributed by atoms with van der Waals surface area (Å²) >= 11 is 0. The van der Waals surface area contributed by atoms with Gasteiger partial charge in [0.05, 0.1) is 24.6 Å². The Balaban J connectivity index is 1.77. The fourth-order valence-corrected chi connectivity index (χ4v) is 1.70. The summed E-state index contributed by atoms with van der Waals surface area (Å²) in [5.41, 5.74) is 1.79. The molecule has 2 heterocycles. The van der Waals surface area contributed by atoms with E-state index in [-0.39, 0.29) is 0 Å². The first-order chi connectivity index (χ1) is 8.42. The molecule has 0 bridgehead atoms. The van der Waals surface area contributed by atoms with Crippen LogP contribution in [0.2, 0.25) is 0 Å². The van der Waals surface area contributed by atoms with Crippen LogP contribution in [0.25, 0.3) is 11.0 Å². The number of para-hydroxylation sites is 1. The molecule has 0 aliphatic rings. The number of hydrogen-bond acceptors (Lipinski definition) is 4. The first-order valence-electron chi connectivity index (χ1n) is 5.38. The third-order valence-corrected chi connectivity index (χ3v) is 2.50.